The van der Waals surface area contributed by atoms with Gasteiger partial charge in [0.05, 0.1) is 62.4 Å². The molecule has 2 aliphatic heterocycles. The first-order valence-corrected chi connectivity index (χ1v) is 18.5. The SMILES string of the molecule is C[C@@H]1C[C@H]([C@H](O)C(C)(C)O)O[C@H]2C1[C@@]1(C)CC[C@@]34C[C@@]35CC[C@H](OC3CN(C(CO)CO)CCO3)C(C)(C)[C@@H]5CC[C@H]4[C@]1(C)[C@H]2O. The van der Waals surface area contributed by atoms with Crippen LogP contribution in [0.4, 0.5) is 0 Å². The van der Waals surface area contributed by atoms with Crippen molar-refractivity contribution in [3.05, 3.63) is 0 Å². The molecule has 9 nitrogen and oxygen atoms in total. The number of hydrogen-bond donors (Lipinski definition) is 5. The summed E-state index contributed by atoms with van der Waals surface area (Å²) in [5, 5.41) is 53.5. The zero-order valence-electron chi connectivity index (χ0n) is 29.5. The summed E-state index contributed by atoms with van der Waals surface area (Å²) in [6, 6.07) is -0.279. The maximum atomic E-state index is 12.4. The van der Waals surface area contributed by atoms with Crippen molar-refractivity contribution in [3.63, 3.8) is 0 Å². The second kappa shape index (κ2) is 11.1. The quantitative estimate of drug-likeness (QED) is 0.282. The first-order valence-electron chi connectivity index (χ1n) is 18.5. The largest absolute Gasteiger partial charge is 0.395 e. The lowest BCUT2D eigenvalue weighted by Gasteiger charge is -2.64. The van der Waals surface area contributed by atoms with Crippen molar-refractivity contribution in [2.75, 3.05) is 32.9 Å². The molecule has 5 saturated carbocycles. The van der Waals surface area contributed by atoms with Crippen molar-refractivity contribution in [1.29, 1.82) is 0 Å². The Morgan fingerprint density at radius 1 is 0.978 bits per heavy atom. The number of nitrogens with zero attached hydrogens (tertiary/aromatic N) is 1. The molecule has 0 bridgehead atoms. The van der Waals surface area contributed by atoms with E-state index < -0.39 is 23.9 Å². The molecule has 2 saturated heterocycles. The zero-order valence-corrected chi connectivity index (χ0v) is 29.5. The van der Waals surface area contributed by atoms with Crippen molar-refractivity contribution >= 4 is 0 Å². The number of fused-ring (bicyclic) bond motifs is 4. The standard InChI is InChI=1S/C37H63NO8/c1-21-16-23(30(41)33(4,5)43)45-29-28(21)34(6)12-13-37-20-36(37)11-10-26(46-27-17-38(14-15-44-27)22(18-39)19-40)32(2,3)24(36)8-9-25(37)35(34,7)31(29)42/h21-31,39-43H,8-20H2,1-7H3/t21-,23-,24+,25+,26+,27?,28?,29+,30+,31+,34-,35-,36-,37+/m1/s1. The third-order valence-corrected chi connectivity index (χ3v) is 16.2. The normalized spacial score (nSPS) is 52.2. The number of morpholine rings is 1. The Morgan fingerprint density at radius 2 is 1.65 bits per heavy atom. The molecule has 9 heteroatoms. The van der Waals surface area contributed by atoms with E-state index in [1.807, 2.05) is 0 Å². The maximum Gasteiger partial charge on any atom is 0.170 e. The van der Waals surface area contributed by atoms with Crippen LogP contribution in [0.2, 0.25) is 0 Å². The highest BCUT2D eigenvalue weighted by Crippen LogP contribution is 2.89. The summed E-state index contributed by atoms with van der Waals surface area (Å²) in [5.41, 5.74) is -1.08. The summed E-state index contributed by atoms with van der Waals surface area (Å²) in [6.07, 6.45) is 5.99. The van der Waals surface area contributed by atoms with Gasteiger partial charge in [0.25, 0.3) is 0 Å². The molecular weight excluding hydrogens is 586 g/mol. The van der Waals surface area contributed by atoms with Gasteiger partial charge >= 0.3 is 0 Å². The Bertz CT molecular complexity index is 1160. The predicted molar refractivity (Wildman–Crippen MR) is 173 cm³/mol. The second-order valence-corrected chi connectivity index (χ2v) is 18.6. The first kappa shape index (κ1) is 34.1. The molecule has 5 aliphatic carbocycles. The van der Waals surface area contributed by atoms with E-state index in [1.54, 1.807) is 13.8 Å². The number of hydrogen-bond acceptors (Lipinski definition) is 9. The Morgan fingerprint density at radius 3 is 2.33 bits per heavy atom. The highest BCUT2D eigenvalue weighted by atomic mass is 16.7. The maximum absolute atomic E-state index is 12.4. The van der Waals surface area contributed by atoms with Crippen LogP contribution in [0, 0.1) is 50.7 Å². The van der Waals surface area contributed by atoms with Crippen molar-refractivity contribution in [2.45, 2.75) is 148 Å². The zero-order chi connectivity index (χ0) is 33.2. The van der Waals surface area contributed by atoms with Crippen molar-refractivity contribution < 1.29 is 39.7 Å². The molecule has 0 aromatic heterocycles. The number of ether oxygens (including phenoxy) is 3. The third kappa shape index (κ3) is 4.44. The molecule has 7 fully saturated rings. The van der Waals surface area contributed by atoms with Crippen LogP contribution >= 0.6 is 0 Å². The van der Waals surface area contributed by atoms with E-state index in [1.165, 1.54) is 12.8 Å². The molecule has 7 rings (SSSR count). The van der Waals surface area contributed by atoms with E-state index >= 15 is 0 Å². The predicted octanol–water partition coefficient (Wildman–Crippen LogP) is 3.33. The molecule has 7 aliphatic rings. The van der Waals surface area contributed by atoms with Gasteiger partial charge in [0.15, 0.2) is 6.29 Å². The van der Waals surface area contributed by atoms with E-state index in [0.29, 0.717) is 38.0 Å². The molecule has 0 aromatic rings. The van der Waals surface area contributed by atoms with Gasteiger partial charge in [-0.05, 0) is 111 Å². The summed E-state index contributed by atoms with van der Waals surface area (Å²) in [5.74, 6) is 1.50. The fraction of sp³-hybridized carbons (Fsp3) is 1.00. The van der Waals surface area contributed by atoms with Crippen LogP contribution in [0.5, 0.6) is 0 Å². The summed E-state index contributed by atoms with van der Waals surface area (Å²) < 4.78 is 19.5. The molecule has 2 heterocycles. The van der Waals surface area contributed by atoms with Gasteiger partial charge in [-0.3, -0.25) is 4.90 Å². The Kier molecular flexibility index (Phi) is 8.21. The lowest BCUT2D eigenvalue weighted by atomic mass is 9.41. The fourth-order valence-electron chi connectivity index (χ4n) is 13.7. The lowest BCUT2D eigenvalue weighted by molar-refractivity contribution is -0.252. The first-order chi connectivity index (χ1) is 21.5. The number of aliphatic hydroxyl groups excluding tert-OH is 4. The number of aliphatic hydroxyl groups is 5. The minimum atomic E-state index is -1.26. The molecule has 0 amide bonds. The summed E-state index contributed by atoms with van der Waals surface area (Å²) >= 11 is 0. The molecule has 5 N–H and O–H groups in total. The molecule has 14 atom stereocenters. The molecule has 264 valence electrons. The highest BCUT2D eigenvalue weighted by molar-refractivity contribution is 5.33. The van der Waals surface area contributed by atoms with Gasteiger partial charge in [-0.2, -0.15) is 0 Å². The van der Waals surface area contributed by atoms with Gasteiger partial charge in [-0.15, -0.1) is 0 Å². The molecule has 0 aromatic carbocycles. The van der Waals surface area contributed by atoms with Gasteiger partial charge in [0.1, 0.15) is 6.10 Å². The minimum Gasteiger partial charge on any atom is -0.395 e. The van der Waals surface area contributed by atoms with Crippen LogP contribution in [0.15, 0.2) is 0 Å². The minimum absolute atomic E-state index is 0.0201. The van der Waals surface area contributed by atoms with Crippen LogP contribution in [0.25, 0.3) is 0 Å². The Labute approximate surface area is 276 Å². The molecular formula is C37H63NO8. The average Bonchev–Trinajstić information content (AvgIpc) is 3.63. The van der Waals surface area contributed by atoms with E-state index in [0.717, 1.165) is 32.1 Å². The van der Waals surface area contributed by atoms with Gasteiger partial charge in [-0.1, -0.05) is 34.6 Å². The van der Waals surface area contributed by atoms with E-state index in [4.69, 9.17) is 14.2 Å². The smallest absolute Gasteiger partial charge is 0.170 e. The number of rotatable bonds is 7. The van der Waals surface area contributed by atoms with Crippen LogP contribution in [0.3, 0.4) is 0 Å². The second-order valence-electron chi connectivity index (χ2n) is 18.6. The summed E-state index contributed by atoms with van der Waals surface area (Å²) in [4.78, 5) is 2.09. The van der Waals surface area contributed by atoms with Gasteiger partial charge < -0.3 is 39.7 Å². The van der Waals surface area contributed by atoms with Gasteiger partial charge in [0.2, 0.25) is 0 Å². The van der Waals surface area contributed by atoms with E-state index in [2.05, 4.69) is 39.5 Å². The Balaban J connectivity index is 1.11. The molecule has 0 radical (unpaired) electrons. The van der Waals surface area contributed by atoms with Crippen LogP contribution < -0.4 is 0 Å². The van der Waals surface area contributed by atoms with E-state index in [-0.39, 0.29) is 76.7 Å². The van der Waals surface area contributed by atoms with Crippen LogP contribution in [0.1, 0.15) is 99.8 Å². The lowest BCUT2D eigenvalue weighted by Crippen LogP contribution is -2.60. The summed E-state index contributed by atoms with van der Waals surface area (Å²) in [7, 11) is 0. The Hall–Kier alpha value is -0.360. The fourth-order valence-corrected chi connectivity index (χ4v) is 13.7. The monoisotopic (exact) mass is 649 g/mol. The average molecular weight is 650 g/mol. The highest BCUT2D eigenvalue weighted by Gasteiger charge is 2.84. The van der Waals surface area contributed by atoms with Crippen molar-refractivity contribution in [3.8, 4) is 0 Å². The van der Waals surface area contributed by atoms with Gasteiger partial charge in [-0.25, -0.2) is 0 Å². The summed E-state index contributed by atoms with van der Waals surface area (Å²) in [6.45, 7) is 16.9. The van der Waals surface area contributed by atoms with Crippen molar-refractivity contribution in [1.82, 2.24) is 4.90 Å². The topological polar surface area (TPSA) is 132 Å². The molecule has 2 unspecified atom stereocenters. The van der Waals surface area contributed by atoms with Crippen molar-refractivity contribution in [2.24, 2.45) is 50.7 Å². The molecule has 2 spiro atoms. The van der Waals surface area contributed by atoms with Crippen LogP contribution in [-0.4, -0.2) is 112 Å². The van der Waals surface area contributed by atoms with Gasteiger partial charge in [0, 0.05) is 12.0 Å². The van der Waals surface area contributed by atoms with E-state index in [9.17, 15) is 25.5 Å². The van der Waals surface area contributed by atoms with Crippen LogP contribution in [-0.2, 0) is 14.2 Å². The third-order valence-electron chi connectivity index (χ3n) is 16.2. The molecule has 46 heavy (non-hydrogen) atoms.